The van der Waals surface area contributed by atoms with E-state index in [-0.39, 0.29) is 0 Å². The van der Waals surface area contributed by atoms with Gasteiger partial charge in [-0.15, -0.1) is 0 Å². The molecule has 2 N–H and O–H groups in total. The molecule has 1 aliphatic rings. The Morgan fingerprint density at radius 3 is 2.58 bits per heavy atom. The van der Waals surface area contributed by atoms with E-state index in [1.807, 2.05) is 6.07 Å². The predicted octanol–water partition coefficient (Wildman–Crippen LogP) is -0.432. The van der Waals surface area contributed by atoms with Gasteiger partial charge in [0.1, 0.15) is 6.04 Å². The third-order valence-corrected chi connectivity index (χ3v) is 3.02. The summed E-state index contributed by atoms with van der Waals surface area (Å²) in [4.78, 5) is 0. The van der Waals surface area contributed by atoms with Crippen LogP contribution in [0.2, 0.25) is 0 Å². The van der Waals surface area contributed by atoms with Gasteiger partial charge in [-0.25, -0.2) is 5.14 Å². The number of hydrogen-bond acceptors (Lipinski definition) is 3. The molecule has 12 heavy (non-hydrogen) atoms. The maximum Gasteiger partial charge on any atom is 0.278 e. The fraction of sp³-hybridized carbons (Fsp3) is 0.833. The van der Waals surface area contributed by atoms with E-state index in [0.717, 1.165) is 17.1 Å². The minimum atomic E-state index is -3.68. The Labute approximate surface area is 71.9 Å². The molecule has 0 bridgehead atoms. The Morgan fingerprint density at radius 2 is 2.17 bits per heavy atom. The summed E-state index contributed by atoms with van der Waals surface area (Å²) in [6, 6.07) is 1.37. The van der Waals surface area contributed by atoms with Crippen molar-refractivity contribution in [1.82, 2.24) is 4.31 Å². The minimum absolute atomic E-state index is 0.372. The van der Waals surface area contributed by atoms with Crippen LogP contribution in [0.1, 0.15) is 19.3 Å². The van der Waals surface area contributed by atoms with Crippen molar-refractivity contribution >= 4 is 10.2 Å². The summed E-state index contributed by atoms with van der Waals surface area (Å²) in [5.74, 6) is 0. The lowest BCUT2D eigenvalue weighted by atomic mass is 10.1. The van der Waals surface area contributed by atoms with E-state index in [1.165, 1.54) is 0 Å². The van der Waals surface area contributed by atoms with E-state index in [2.05, 4.69) is 0 Å². The van der Waals surface area contributed by atoms with Crippen LogP contribution in [-0.4, -0.2) is 25.3 Å². The zero-order chi connectivity index (χ0) is 9.19. The molecule has 1 aliphatic heterocycles. The van der Waals surface area contributed by atoms with Crippen LogP contribution in [0.15, 0.2) is 0 Å². The van der Waals surface area contributed by atoms with Gasteiger partial charge in [0.25, 0.3) is 10.2 Å². The van der Waals surface area contributed by atoms with Crippen molar-refractivity contribution < 1.29 is 8.42 Å². The Bertz CT molecular complexity index is 292. The molecule has 0 aromatic carbocycles. The average molecular weight is 189 g/mol. The van der Waals surface area contributed by atoms with E-state index >= 15 is 0 Å². The van der Waals surface area contributed by atoms with Gasteiger partial charge in [-0.2, -0.15) is 18.0 Å². The molecule has 0 amide bonds. The highest BCUT2D eigenvalue weighted by Crippen LogP contribution is 2.17. The third-order valence-electron chi connectivity index (χ3n) is 1.93. The SMILES string of the molecule is N#CC1CCCCN1S(N)(=O)=O. The van der Waals surface area contributed by atoms with Crippen molar-refractivity contribution in [2.24, 2.45) is 5.14 Å². The van der Waals surface area contributed by atoms with Crippen LogP contribution in [0.3, 0.4) is 0 Å². The molecule has 0 aliphatic carbocycles. The lowest BCUT2D eigenvalue weighted by molar-refractivity contribution is 0.297. The number of hydrogen-bond donors (Lipinski definition) is 1. The molecular formula is C6H11N3O2S. The second-order valence-corrected chi connectivity index (χ2v) is 4.30. The summed E-state index contributed by atoms with van der Waals surface area (Å²) in [7, 11) is -3.68. The van der Waals surface area contributed by atoms with Gasteiger partial charge in [-0.1, -0.05) is 0 Å². The zero-order valence-electron chi connectivity index (χ0n) is 6.60. The largest absolute Gasteiger partial charge is 0.278 e. The van der Waals surface area contributed by atoms with Crippen molar-refractivity contribution in [2.75, 3.05) is 6.54 Å². The molecule has 5 nitrogen and oxygen atoms in total. The van der Waals surface area contributed by atoms with E-state index in [9.17, 15) is 8.42 Å². The average Bonchev–Trinajstić information content (AvgIpc) is 2.03. The van der Waals surface area contributed by atoms with E-state index in [0.29, 0.717) is 13.0 Å². The molecule has 1 fully saturated rings. The number of nitrogens with zero attached hydrogens (tertiary/aromatic N) is 2. The Hall–Kier alpha value is -0.640. The highest BCUT2D eigenvalue weighted by atomic mass is 32.2. The molecule has 6 heteroatoms. The lowest BCUT2D eigenvalue weighted by Gasteiger charge is -2.28. The first-order chi connectivity index (χ1) is 5.55. The Balaban J connectivity index is 2.81. The maximum absolute atomic E-state index is 10.9. The zero-order valence-corrected chi connectivity index (χ0v) is 7.42. The number of rotatable bonds is 1. The highest BCUT2D eigenvalue weighted by molar-refractivity contribution is 7.86. The summed E-state index contributed by atoms with van der Waals surface area (Å²) in [5, 5.41) is 13.5. The Kier molecular flexibility index (Phi) is 2.67. The molecule has 1 saturated heterocycles. The first-order valence-electron chi connectivity index (χ1n) is 3.75. The summed E-state index contributed by atoms with van der Waals surface area (Å²) < 4.78 is 22.9. The van der Waals surface area contributed by atoms with Gasteiger partial charge >= 0.3 is 0 Å². The number of piperidine rings is 1. The van der Waals surface area contributed by atoms with Gasteiger partial charge in [-0.05, 0) is 19.3 Å². The molecule has 1 atom stereocenters. The number of nitrogens with two attached hydrogens (primary N) is 1. The monoisotopic (exact) mass is 189 g/mol. The van der Waals surface area contributed by atoms with Crippen molar-refractivity contribution in [2.45, 2.75) is 25.3 Å². The van der Waals surface area contributed by atoms with Gasteiger partial charge in [0.2, 0.25) is 0 Å². The molecule has 0 radical (unpaired) electrons. The smallest absolute Gasteiger partial charge is 0.216 e. The van der Waals surface area contributed by atoms with Crippen molar-refractivity contribution in [3.05, 3.63) is 0 Å². The van der Waals surface area contributed by atoms with Crippen LogP contribution in [0, 0.1) is 11.3 Å². The number of nitriles is 1. The van der Waals surface area contributed by atoms with E-state index in [4.69, 9.17) is 10.4 Å². The topological polar surface area (TPSA) is 87.2 Å². The van der Waals surface area contributed by atoms with Gasteiger partial charge in [0.15, 0.2) is 0 Å². The molecule has 1 rings (SSSR count). The van der Waals surface area contributed by atoms with Gasteiger partial charge in [0, 0.05) is 6.54 Å². The van der Waals surface area contributed by atoms with Crippen molar-refractivity contribution in [3.8, 4) is 6.07 Å². The fourth-order valence-corrected chi connectivity index (χ4v) is 2.23. The molecule has 0 saturated carbocycles. The first kappa shape index (κ1) is 9.45. The van der Waals surface area contributed by atoms with E-state index in [1.54, 1.807) is 0 Å². The molecule has 1 unspecified atom stereocenters. The Morgan fingerprint density at radius 1 is 1.50 bits per heavy atom. The summed E-state index contributed by atoms with van der Waals surface area (Å²) >= 11 is 0. The molecule has 0 spiro atoms. The summed E-state index contributed by atoms with van der Waals surface area (Å²) in [6.07, 6.45) is 2.27. The molecular weight excluding hydrogens is 178 g/mol. The predicted molar refractivity (Wildman–Crippen MR) is 43.1 cm³/mol. The summed E-state index contributed by atoms with van der Waals surface area (Å²) in [5.41, 5.74) is 0. The quantitative estimate of drug-likeness (QED) is 0.607. The maximum atomic E-state index is 10.9. The minimum Gasteiger partial charge on any atom is -0.216 e. The molecule has 0 aromatic heterocycles. The lowest BCUT2D eigenvalue weighted by Crippen LogP contribution is -2.46. The van der Waals surface area contributed by atoms with Gasteiger partial charge < -0.3 is 0 Å². The second-order valence-electron chi connectivity index (χ2n) is 2.80. The fourth-order valence-electron chi connectivity index (χ4n) is 1.34. The normalized spacial score (nSPS) is 26.5. The van der Waals surface area contributed by atoms with Crippen LogP contribution in [0.5, 0.6) is 0 Å². The van der Waals surface area contributed by atoms with Crippen LogP contribution in [0.25, 0.3) is 0 Å². The third kappa shape index (κ3) is 1.94. The van der Waals surface area contributed by atoms with Crippen LogP contribution in [0.4, 0.5) is 0 Å². The highest BCUT2D eigenvalue weighted by Gasteiger charge is 2.29. The molecule has 1 heterocycles. The van der Waals surface area contributed by atoms with Gasteiger partial charge in [-0.3, -0.25) is 0 Å². The standard InChI is InChI=1S/C6H11N3O2S/c7-5-6-3-1-2-4-9(6)12(8,10)11/h6H,1-4H2,(H2,8,10,11). The van der Waals surface area contributed by atoms with Crippen LogP contribution >= 0.6 is 0 Å². The molecule has 0 aromatic rings. The van der Waals surface area contributed by atoms with Crippen LogP contribution < -0.4 is 5.14 Å². The summed E-state index contributed by atoms with van der Waals surface area (Å²) in [6.45, 7) is 0.372. The second kappa shape index (κ2) is 3.39. The van der Waals surface area contributed by atoms with Gasteiger partial charge in [0.05, 0.1) is 6.07 Å². The van der Waals surface area contributed by atoms with Crippen molar-refractivity contribution in [3.63, 3.8) is 0 Å². The van der Waals surface area contributed by atoms with Crippen LogP contribution in [-0.2, 0) is 10.2 Å². The van der Waals surface area contributed by atoms with Crippen molar-refractivity contribution in [1.29, 1.82) is 5.26 Å². The molecule has 68 valence electrons. The first-order valence-corrected chi connectivity index (χ1v) is 5.25. The van der Waals surface area contributed by atoms with E-state index < -0.39 is 16.3 Å².